The summed E-state index contributed by atoms with van der Waals surface area (Å²) in [6.45, 7) is 7.34. The third-order valence-electron chi connectivity index (χ3n) is 3.96. The number of benzene rings is 1. The van der Waals surface area contributed by atoms with Crippen LogP contribution in [0.2, 0.25) is 0 Å². The Labute approximate surface area is 131 Å². The summed E-state index contributed by atoms with van der Waals surface area (Å²) in [5.41, 5.74) is -0.253. The summed E-state index contributed by atoms with van der Waals surface area (Å²) in [5, 5.41) is 2.79. The van der Waals surface area contributed by atoms with Crippen LogP contribution >= 0.6 is 0 Å². The van der Waals surface area contributed by atoms with Crippen LogP contribution in [0.25, 0.3) is 0 Å². The number of amides is 2. The smallest absolute Gasteiger partial charge is 0.254 e. The van der Waals surface area contributed by atoms with Crippen LogP contribution in [0.3, 0.4) is 0 Å². The second-order valence-electron chi connectivity index (χ2n) is 6.00. The highest BCUT2D eigenvalue weighted by Crippen LogP contribution is 2.22. The SMILES string of the molecule is CCCCOc1ccc(C(=O)N2CCNC(=O)C2(C)C)cc1. The molecule has 2 rings (SSSR count). The summed E-state index contributed by atoms with van der Waals surface area (Å²) in [4.78, 5) is 26.2. The molecule has 0 spiro atoms. The lowest BCUT2D eigenvalue weighted by atomic mass is 9.97. The first kappa shape index (κ1) is 16.3. The van der Waals surface area contributed by atoms with E-state index in [1.165, 1.54) is 0 Å². The summed E-state index contributed by atoms with van der Waals surface area (Å²) in [6.07, 6.45) is 2.10. The molecule has 0 saturated carbocycles. The van der Waals surface area contributed by atoms with E-state index in [1.807, 2.05) is 0 Å². The molecule has 1 fully saturated rings. The van der Waals surface area contributed by atoms with Crippen LogP contribution in [0.5, 0.6) is 5.75 Å². The Balaban J connectivity index is 2.07. The van der Waals surface area contributed by atoms with E-state index in [1.54, 1.807) is 43.0 Å². The minimum atomic E-state index is -0.828. The maximum absolute atomic E-state index is 12.6. The fraction of sp³-hybridized carbons (Fsp3) is 0.529. The molecule has 0 radical (unpaired) electrons. The van der Waals surface area contributed by atoms with Crippen LogP contribution in [0.1, 0.15) is 44.0 Å². The first-order valence-electron chi connectivity index (χ1n) is 7.80. The van der Waals surface area contributed by atoms with E-state index >= 15 is 0 Å². The van der Waals surface area contributed by atoms with Gasteiger partial charge in [-0.15, -0.1) is 0 Å². The lowest BCUT2D eigenvalue weighted by Crippen LogP contribution is -2.63. The monoisotopic (exact) mass is 304 g/mol. The zero-order valence-electron chi connectivity index (χ0n) is 13.5. The van der Waals surface area contributed by atoms with Gasteiger partial charge in [-0.05, 0) is 44.5 Å². The number of piperazine rings is 1. The Morgan fingerprint density at radius 3 is 2.64 bits per heavy atom. The van der Waals surface area contributed by atoms with Crippen molar-refractivity contribution in [3.05, 3.63) is 29.8 Å². The Hall–Kier alpha value is -2.04. The van der Waals surface area contributed by atoms with Gasteiger partial charge < -0.3 is 15.0 Å². The van der Waals surface area contributed by atoms with E-state index < -0.39 is 5.54 Å². The predicted octanol–water partition coefficient (Wildman–Crippen LogP) is 2.22. The Bertz CT molecular complexity index is 537. The standard InChI is InChI=1S/C17H24N2O3/c1-4-5-12-22-14-8-6-13(7-9-14)15(20)19-11-10-18-16(21)17(19,2)3/h6-9H,4-5,10-12H2,1-3H3,(H,18,21). The van der Waals surface area contributed by atoms with Crippen LogP contribution in [-0.2, 0) is 4.79 Å². The molecule has 1 aromatic rings. The van der Waals surface area contributed by atoms with Gasteiger partial charge in [-0.1, -0.05) is 13.3 Å². The first-order chi connectivity index (χ1) is 10.5. The minimum absolute atomic E-state index is 0.119. The molecule has 0 aromatic heterocycles. The number of unbranched alkanes of at least 4 members (excludes halogenated alkanes) is 1. The number of ether oxygens (including phenoxy) is 1. The van der Waals surface area contributed by atoms with Crippen molar-refractivity contribution in [3.63, 3.8) is 0 Å². The third kappa shape index (κ3) is 3.40. The predicted molar refractivity (Wildman–Crippen MR) is 85.0 cm³/mol. The van der Waals surface area contributed by atoms with Crippen molar-refractivity contribution >= 4 is 11.8 Å². The number of hydrogen-bond donors (Lipinski definition) is 1. The molecule has 0 unspecified atom stereocenters. The number of carbonyl (C=O) groups is 2. The van der Waals surface area contributed by atoms with E-state index in [0.717, 1.165) is 18.6 Å². The fourth-order valence-corrected chi connectivity index (χ4v) is 2.44. The van der Waals surface area contributed by atoms with Gasteiger partial charge in [-0.2, -0.15) is 0 Å². The molecule has 1 aliphatic heterocycles. The van der Waals surface area contributed by atoms with Crippen LogP contribution < -0.4 is 10.1 Å². The highest BCUT2D eigenvalue weighted by Gasteiger charge is 2.40. The molecule has 1 saturated heterocycles. The maximum atomic E-state index is 12.6. The van der Waals surface area contributed by atoms with Gasteiger partial charge in [0.05, 0.1) is 6.61 Å². The summed E-state index contributed by atoms with van der Waals surface area (Å²) in [5.74, 6) is 0.521. The molecule has 5 nitrogen and oxygen atoms in total. The van der Waals surface area contributed by atoms with Gasteiger partial charge >= 0.3 is 0 Å². The largest absolute Gasteiger partial charge is 0.494 e. The van der Waals surface area contributed by atoms with E-state index in [2.05, 4.69) is 12.2 Å². The van der Waals surface area contributed by atoms with Gasteiger partial charge in [-0.25, -0.2) is 0 Å². The summed E-state index contributed by atoms with van der Waals surface area (Å²) >= 11 is 0. The van der Waals surface area contributed by atoms with Crippen molar-refractivity contribution in [2.24, 2.45) is 0 Å². The van der Waals surface area contributed by atoms with Gasteiger partial charge in [0.1, 0.15) is 11.3 Å². The average Bonchev–Trinajstić information content (AvgIpc) is 2.50. The number of nitrogens with zero attached hydrogens (tertiary/aromatic N) is 1. The lowest BCUT2D eigenvalue weighted by molar-refractivity contribution is -0.133. The molecule has 5 heteroatoms. The topological polar surface area (TPSA) is 58.6 Å². The van der Waals surface area contributed by atoms with E-state index in [-0.39, 0.29) is 11.8 Å². The van der Waals surface area contributed by atoms with Crippen molar-refractivity contribution in [1.29, 1.82) is 0 Å². The van der Waals surface area contributed by atoms with Crippen LogP contribution in [-0.4, -0.2) is 41.9 Å². The zero-order chi connectivity index (χ0) is 16.2. The number of carbonyl (C=O) groups excluding carboxylic acids is 2. The maximum Gasteiger partial charge on any atom is 0.254 e. The number of hydrogen-bond acceptors (Lipinski definition) is 3. The van der Waals surface area contributed by atoms with Crippen molar-refractivity contribution < 1.29 is 14.3 Å². The average molecular weight is 304 g/mol. The quantitative estimate of drug-likeness (QED) is 0.849. The number of nitrogens with one attached hydrogen (secondary N) is 1. The molecule has 2 amide bonds. The van der Waals surface area contributed by atoms with Crippen molar-refractivity contribution in [3.8, 4) is 5.75 Å². The second-order valence-corrected chi connectivity index (χ2v) is 6.00. The normalized spacial score (nSPS) is 17.0. The Kier molecular flexibility index (Phi) is 5.06. The van der Waals surface area contributed by atoms with Gasteiger partial charge in [0.25, 0.3) is 5.91 Å². The third-order valence-corrected chi connectivity index (χ3v) is 3.96. The van der Waals surface area contributed by atoms with E-state index in [0.29, 0.717) is 25.3 Å². The van der Waals surface area contributed by atoms with Crippen LogP contribution in [0.4, 0.5) is 0 Å². The fourth-order valence-electron chi connectivity index (χ4n) is 2.44. The second kappa shape index (κ2) is 6.81. The highest BCUT2D eigenvalue weighted by molar-refractivity contribution is 5.99. The molecule has 0 bridgehead atoms. The molecular weight excluding hydrogens is 280 g/mol. The summed E-state index contributed by atoms with van der Waals surface area (Å²) in [7, 11) is 0. The van der Waals surface area contributed by atoms with E-state index in [4.69, 9.17) is 4.74 Å². The lowest BCUT2D eigenvalue weighted by Gasteiger charge is -2.41. The molecule has 1 heterocycles. The van der Waals surface area contributed by atoms with Gasteiger partial charge in [0.15, 0.2) is 0 Å². The Morgan fingerprint density at radius 1 is 1.32 bits per heavy atom. The molecule has 0 atom stereocenters. The van der Waals surface area contributed by atoms with Crippen LogP contribution in [0.15, 0.2) is 24.3 Å². The first-order valence-corrected chi connectivity index (χ1v) is 7.80. The van der Waals surface area contributed by atoms with E-state index in [9.17, 15) is 9.59 Å². The van der Waals surface area contributed by atoms with Crippen molar-refractivity contribution in [2.75, 3.05) is 19.7 Å². The number of rotatable bonds is 5. The molecular formula is C17H24N2O3. The Morgan fingerprint density at radius 2 is 2.00 bits per heavy atom. The van der Waals surface area contributed by atoms with Crippen molar-refractivity contribution in [1.82, 2.24) is 10.2 Å². The summed E-state index contributed by atoms with van der Waals surface area (Å²) in [6, 6.07) is 7.12. The van der Waals surface area contributed by atoms with Crippen molar-refractivity contribution in [2.45, 2.75) is 39.2 Å². The molecule has 1 N–H and O–H groups in total. The van der Waals surface area contributed by atoms with Crippen LogP contribution in [0, 0.1) is 0 Å². The van der Waals surface area contributed by atoms with Gasteiger partial charge in [0.2, 0.25) is 5.91 Å². The van der Waals surface area contributed by atoms with Gasteiger partial charge in [-0.3, -0.25) is 9.59 Å². The highest BCUT2D eigenvalue weighted by atomic mass is 16.5. The molecule has 1 aromatic carbocycles. The molecule has 120 valence electrons. The summed E-state index contributed by atoms with van der Waals surface area (Å²) < 4.78 is 5.60. The van der Waals surface area contributed by atoms with Gasteiger partial charge in [0, 0.05) is 18.7 Å². The molecule has 1 aliphatic rings. The molecule has 22 heavy (non-hydrogen) atoms. The molecule has 0 aliphatic carbocycles. The zero-order valence-corrected chi connectivity index (χ0v) is 13.5. The minimum Gasteiger partial charge on any atom is -0.494 e.